The van der Waals surface area contributed by atoms with Crippen LogP contribution in [0, 0.1) is 0 Å². The number of nitrogens with one attached hydrogen (secondary N) is 1. The first-order chi connectivity index (χ1) is 6.65. The minimum Gasteiger partial charge on any atom is -0.478 e. The summed E-state index contributed by atoms with van der Waals surface area (Å²) in [5.74, 6) is -1.00. The van der Waals surface area contributed by atoms with Crippen molar-refractivity contribution in [3.05, 3.63) is 29.8 Å². The Morgan fingerprint density at radius 1 is 1.50 bits per heavy atom. The molecule has 0 bridgehead atoms. The van der Waals surface area contributed by atoms with Gasteiger partial charge in [0.2, 0.25) is 0 Å². The lowest BCUT2D eigenvalue weighted by molar-refractivity contribution is 0.0697. The minimum absolute atomic E-state index is 0.167. The summed E-state index contributed by atoms with van der Waals surface area (Å²) >= 11 is 0. The van der Waals surface area contributed by atoms with Crippen LogP contribution in [0.5, 0.6) is 0 Å². The van der Waals surface area contributed by atoms with Crippen molar-refractivity contribution in [3.63, 3.8) is 0 Å². The molecule has 0 aromatic heterocycles. The highest BCUT2D eigenvalue weighted by Gasteiger charge is 2.10. The van der Waals surface area contributed by atoms with E-state index in [2.05, 4.69) is 5.32 Å². The first-order valence-corrected chi connectivity index (χ1v) is 4.42. The number of carbonyl (C=O) groups is 1. The fourth-order valence-corrected chi connectivity index (χ4v) is 1.08. The smallest absolute Gasteiger partial charge is 0.337 e. The molecule has 0 amide bonds. The molecule has 4 nitrogen and oxygen atoms in total. The van der Waals surface area contributed by atoms with Gasteiger partial charge in [-0.25, -0.2) is 4.79 Å². The van der Waals surface area contributed by atoms with Crippen LogP contribution in [0.2, 0.25) is 0 Å². The van der Waals surface area contributed by atoms with Crippen molar-refractivity contribution in [2.75, 3.05) is 5.32 Å². The average molecular weight is 195 g/mol. The molecule has 1 aromatic carbocycles. The van der Waals surface area contributed by atoms with Crippen molar-refractivity contribution in [2.24, 2.45) is 0 Å². The Morgan fingerprint density at radius 3 is 2.71 bits per heavy atom. The predicted molar refractivity (Wildman–Crippen MR) is 53.3 cm³/mol. The van der Waals surface area contributed by atoms with Gasteiger partial charge in [-0.3, -0.25) is 0 Å². The van der Waals surface area contributed by atoms with E-state index in [9.17, 15) is 9.90 Å². The summed E-state index contributed by atoms with van der Waals surface area (Å²) in [6.45, 7) is 1.81. The van der Waals surface area contributed by atoms with Crippen LogP contribution in [0.4, 0.5) is 5.69 Å². The van der Waals surface area contributed by atoms with Crippen molar-refractivity contribution in [2.45, 2.75) is 19.6 Å². The van der Waals surface area contributed by atoms with Crippen LogP contribution in [0.3, 0.4) is 0 Å². The zero-order valence-electron chi connectivity index (χ0n) is 7.90. The van der Waals surface area contributed by atoms with Gasteiger partial charge >= 0.3 is 5.97 Å². The Bertz CT molecular complexity index is 325. The second kappa shape index (κ2) is 4.62. The van der Waals surface area contributed by atoms with E-state index in [-0.39, 0.29) is 5.56 Å². The van der Waals surface area contributed by atoms with Crippen LogP contribution in [0.1, 0.15) is 23.7 Å². The highest BCUT2D eigenvalue weighted by molar-refractivity contribution is 5.94. The van der Waals surface area contributed by atoms with Crippen LogP contribution in [0.15, 0.2) is 24.3 Å². The van der Waals surface area contributed by atoms with Gasteiger partial charge in [0, 0.05) is 0 Å². The van der Waals surface area contributed by atoms with Gasteiger partial charge in [-0.2, -0.15) is 0 Å². The molecule has 4 heteroatoms. The number of aliphatic hydroxyl groups is 1. The summed E-state index contributed by atoms with van der Waals surface area (Å²) in [5.41, 5.74) is 0.606. The number of rotatable bonds is 4. The monoisotopic (exact) mass is 195 g/mol. The number of hydrogen-bond donors (Lipinski definition) is 3. The SMILES string of the molecule is CCC(O)Nc1ccccc1C(=O)O. The molecule has 76 valence electrons. The van der Waals surface area contributed by atoms with Gasteiger partial charge in [0.05, 0.1) is 11.3 Å². The lowest BCUT2D eigenvalue weighted by Crippen LogP contribution is -2.18. The van der Waals surface area contributed by atoms with E-state index in [1.54, 1.807) is 25.1 Å². The van der Waals surface area contributed by atoms with Crippen molar-refractivity contribution in [3.8, 4) is 0 Å². The molecule has 0 saturated heterocycles. The fraction of sp³-hybridized carbons (Fsp3) is 0.300. The molecule has 0 aliphatic carbocycles. The van der Waals surface area contributed by atoms with E-state index in [0.29, 0.717) is 12.1 Å². The standard InChI is InChI=1S/C10H13NO3/c1-2-9(12)11-8-6-4-3-5-7(8)10(13)14/h3-6,9,11-12H,2H2,1H3,(H,13,14). The van der Waals surface area contributed by atoms with Crippen LogP contribution < -0.4 is 5.32 Å². The lowest BCUT2D eigenvalue weighted by Gasteiger charge is -2.13. The van der Waals surface area contributed by atoms with E-state index in [0.717, 1.165) is 0 Å². The molecule has 0 saturated carbocycles. The van der Waals surface area contributed by atoms with E-state index < -0.39 is 12.2 Å². The van der Waals surface area contributed by atoms with Gasteiger partial charge in [-0.15, -0.1) is 0 Å². The minimum atomic E-state index is -1.00. The first kappa shape index (κ1) is 10.5. The summed E-state index contributed by atoms with van der Waals surface area (Å²) in [6.07, 6.45) is -0.191. The largest absolute Gasteiger partial charge is 0.478 e. The van der Waals surface area contributed by atoms with Crippen molar-refractivity contribution >= 4 is 11.7 Å². The Kier molecular flexibility index (Phi) is 3.48. The van der Waals surface area contributed by atoms with Crippen molar-refractivity contribution in [1.82, 2.24) is 0 Å². The number of aromatic carboxylic acids is 1. The Balaban J connectivity index is 2.90. The van der Waals surface area contributed by atoms with Gasteiger partial charge < -0.3 is 15.5 Å². The van der Waals surface area contributed by atoms with Crippen LogP contribution in [-0.2, 0) is 0 Å². The maximum Gasteiger partial charge on any atom is 0.337 e. The summed E-state index contributed by atoms with van der Waals surface area (Å²) in [5, 5.41) is 20.9. The summed E-state index contributed by atoms with van der Waals surface area (Å²) in [4.78, 5) is 10.8. The number of benzene rings is 1. The summed E-state index contributed by atoms with van der Waals surface area (Å²) in [6, 6.07) is 6.49. The molecule has 14 heavy (non-hydrogen) atoms. The molecule has 1 atom stereocenters. The normalized spacial score (nSPS) is 12.1. The van der Waals surface area contributed by atoms with E-state index in [4.69, 9.17) is 5.11 Å². The lowest BCUT2D eigenvalue weighted by atomic mass is 10.2. The molecule has 0 aliphatic heterocycles. The van der Waals surface area contributed by atoms with Crippen LogP contribution in [-0.4, -0.2) is 22.4 Å². The third kappa shape index (κ3) is 2.47. The first-order valence-electron chi connectivity index (χ1n) is 4.42. The molecule has 0 radical (unpaired) electrons. The molecule has 3 N–H and O–H groups in total. The molecular weight excluding hydrogens is 182 g/mol. The number of carboxylic acids is 1. The van der Waals surface area contributed by atoms with Gasteiger partial charge in [0.1, 0.15) is 6.23 Å². The maximum atomic E-state index is 10.8. The van der Waals surface area contributed by atoms with E-state index in [1.165, 1.54) is 6.07 Å². The molecule has 0 heterocycles. The summed E-state index contributed by atoms with van der Waals surface area (Å²) < 4.78 is 0. The molecule has 1 aromatic rings. The van der Waals surface area contributed by atoms with Crippen LogP contribution in [0.25, 0.3) is 0 Å². The quantitative estimate of drug-likeness (QED) is 0.637. The highest BCUT2D eigenvalue weighted by Crippen LogP contribution is 2.15. The second-order valence-electron chi connectivity index (χ2n) is 2.92. The molecule has 0 spiro atoms. The third-order valence-electron chi connectivity index (χ3n) is 1.87. The van der Waals surface area contributed by atoms with Crippen molar-refractivity contribution in [1.29, 1.82) is 0 Å². The molecule has 0 fully saturated rings. The predicted octanol–water partition coefficient (Wildman–Crippen LogP) is 1.53. The topological polar surface area (TPSA) is 69.6 Å². The number of anilines is 1. The van der Waals surface area contributed by atoms with Crippen LogP contribution >= 0.6 is 0 Å². The molecular formula is C10H13NO3. The molecule has 1 rings (SSSR count). The number of carboxylic acid groups (broad SMARTS) is 1. The molecule has 1 unspecified atom stereocenters. The Hall–Kier alpha value is -1.55. The Labute approximate surface area is 82.2 Å². The third-order valence-corrected chi connectivity index (χ3v) is 1.87. The fourth-order valence-electron chi connectivity index (χ4n) is 1.08. The van der Waals surface area contributed by atoms with Gasteiger partial charge in [-0.05, 0) is 18.6 Å². The number of hydrogen-bond acceptors (Lipinski definition) is 3. The summed E-state index contributed by atoms with van der Waals surface area (Å²) in [7, 11) is 0. The van der Waals surface area contributed by atoms with Gasteiger partial charge in [0.25, 0.3) is 0 Å². The maximum absolute atomic E-state index is 10.8. The number of para-hydroxylation sites is 1. The van der Waals surface area contributed by atoms with E-state index >= 15 is 0 Å². The zero-order valence-corrected chi connectivity index (χ0v) is 7.90. The highest BCUT2D eigenvalue weighted by atomic mass is 16.4. The number of aliphatic hydroxyl groups excluding tert-OH is 1. The van der Waals surface area contributed by atoms with Crippen molar-refractivity contribution < 1.29 is 15.0 Å². The molecule has 0 aliphatic rings. The second-order valence-corrected chi connectivity index (χ2v) is 2.92. The zero-order chi connectivity index (χ0) is 10.6. The Morgan fingerprint density at radius 2 is 2.14 bits per heavy atom. The van der Waals surface area contributed by atoms with E-state index in [1.807, 2.05) is 0 Å². The van der Waals surface area contributed by atoms with Gasteiger partial charge in [-0.1, -0.05) is 19.1 Å². The average Bonchev–Trinajstić information content (AvgIpc) is 2.18. The van der Waals surface area contributed by atoms with Gasteiger partial charge in [0.15, 0.2) is 0 Å².